The Labute approximate surface area is 109 Å². The SMILES string of the molecule is CCN=S(C)(=O)c1ccccc1-c1ccccc1. The van der Waals surface area contributed by atoms with Gasteiger partial charge < -0.3 is 0 Å². The first kappa shape index (κ1) is 12.8. The largest absolute Gasteiger partial charge is 0.245 e. The molecule has 2 rings (SSSR count). The summed E-state index contributed by atoms with van der Waals surface area (Å²) in [6.45, 7) is 2.48. The molecule has 0 saturated carbocycles. The molecule has 0 saturated heterocycles. The molecule has 0 aliphatic rings. The van der Waals surface area contributed by atoms with Crippen LogP contribution >= 0.6 is 0 Å². The van der Waals surface area contributed by atoms with E-state index in [1.165, 1.54) is 0 Å². The van der Waals surface area contributed by atoms with Gasteiger partial charge in [0.25, 0.3) is 0 Å². The molecule has 1 atom stereocenters. The van der Waals surface area contributed by atoms with E-state index in [4.69, 9.17) is 0 Å². The maximum Gasteiger partial charge on any atom is 0.0729 e. The predicted octanol–water partition coefficient (Wildman–Crippen LogP) is 3.83. The second-order valence-corrected chi connectivity index (χ2v) is 6.41. The van der Waals surface area contributed by atoms with E-state index in [9.17, 15) is 4.21 Å². The zero-order valence-corrected chi connectivity index (χ0v) is 11.5. The lowest BCUT2D eigenvalue weighted by molar-refractivity contribution is 0.679. The van der Waals surface area contributed by atoms with E-state index in [2.05, 4.69) is 4.36 Å². The van der Waals surface area contributed by atoms with E-state index >= 15 is 0 Å². The van der Waals surface area contributed by atoms with Crippen LogP contribution in [-0.2, 0) is 9.73 Å². The molecule has 18 heavy (non-hydrogen) atoms. The third-order valence-corrected chi connectivity index (χ3v) is 4.68. The van der Waals surface area contributed by atoms with Gasteiger partial charge in [-0.15, -0.1) is 0 Å². The normalized spacial score (nSPS) is 13.9. The van der Waals surface area contributed by atoms with E-state index < -0.39 is 9.73 Å². The Morgan fingerprint density at radius 3 is 2.28 bits per heavy atom. The van der Waals surface area contributed by atoms with E-state index in [1.807, 2.05) is 61.5 Å². The highest BCUT2D eigenvalue weighted by molar-refractivity contribution is 7.93. The van der Waals surface area contributed by atoms with E-state index in [1.54, 1.807) is 6.26 Å². The smallest absolute Gasteiger partial charge is 0.0729 e. The lowest BCUT2D eigenvalue weighted by atomic mass is 10.1. The summed E-state index contributed by atoms with van der Waals surface area (Å²) < 4.78 is 16.9. The fourth-order valence-electron chi connectivity index (χ4n) is 1.97. The van der Waals surface area contributed by atoms with Crippen LogP contribution in [0.1, 0.15) is 6.92 Å². The highest BCUT2D eigenvalue weighted by Crippen LogP contribution is 2.27. The molecular formula is C15H17NOS. The first-order valence-corrected chi connectivity index (χ1v) is 7.90. The van der Waals surface area contributed by atoms with Crippen LogP contribution in [0.4, 0.5) is 0 Å². The quantitative estimate of drug-likeness (QED) is 0.823. The average Bonchev–Trinajstić information content (AvgIpc) is 2.40. The van der Waals surface area contributed by atoms with Gasteiger partial charge >= 0.3 is 0 Å². The van der Waals surface area contributed by atoms with Crippen LogP contribution in [0.5, 0.6) is 0 Å². The van der Waals surface area contributed by atoms with Crippen molar-refractivity contribution in [1.29, 1.82) is 0 Å². The van der Waals surface area contributed by atoms with Crippen LogP contribution in [0.25, 0.3) is 11.1 Å². The second kappa shape index (κ2) is 5.36. The summed E-state index contributed by atoms with van der Waals surface area (Å²) >= 11 is 0. The summed E-state index contributed by atoms with van der Waals surface area (Å²) in [4.78, 5) is 0.818. The van der Waals surface area contributed by atoms with E-state index in [0.29, 0.717) is 6.54 Å². The lowest BCUT2D eigenvalue weighted by Crippen LogP contribution is -2.00. The molecule has 0 amide bonds. The topological polar surface area (TPSA) is 29.4 Å². The third kappa shape index (κ3) is 2.62. The Morgan fingerprint density at radius 2 is 1.61 bits per heavy atom. The molecule has 0 aliphatic heterocycles. The Kier molecular flexibility index (Phi) is 3.82. The van der Waals surface area contributed by atoms with Crippen LogP contribution in [0.15, 0.2) is 63.9 Å². The van der Waals surface area contributed by atoms with Crippen molar-refractivity contribution >= 4 is 9.73 Å². The van der Waals surface area contributed by atoms with Gasteiger partial charge in [-0.2, -0.15) is 0 Å². The summed E-state index contributed by atoms with van der Waals surface area (Å²) in [6.07, 6.45) is 1.71. The van der Waals surface area contributed by atoms with Gasteiger partial charge in [0.2, 0.25) is 0 Å². The molecule has 2 nitrogen and oxygen atoms in total. The molecule has 2 aromatic carbocycles. The van der Waals surface area contributed by atoms with Crippen LogP contribution in [0.3, 0.4) is 0 Å². The minimum Gasteiger partial charge on any atom is -0.245 e. The molecule has 0 spiro atoms. The highest BCUT2D eigenvalue weighted by atomic mass is 32.2. The Bertz CT molecular complexity index is 641. The third-order valence-electron chi connectivity index (χ3n) is 2.76. The minimum absolute atomic E-state index is 0.568. The van der Waals surface area contributed by atoms with Crippen molar-refractivity contribution in [3.8, 4) is 11.1 Å². The van der Waals surface area contributed by atoms with Crippen molar-refractivity contribution in [3.05, 3.63) is 54.6 Å². The molecule has 94 valence electrons. The highest BCUT2D eigenvalue weighted by Gasteiger charge is 2.11. The van der Waals surface area contributed by atoms with Crippen LogP contribution in [0, 0.1) is 0 Å². The molecule has 0 heterocycles. The zero-order chi connectivity index (χ0) is 13.0. The summed E-state index contributed by atoms with van der Waals surface area (Å²) in [5.41, 5.74) is 2.08. The summed E-state index contributed by atoms with van der Waals surface area (Å²) in [5.74, 6) is 0. The molecule has 0 bridgehead atoms. The number of benzene rings is 2. The fraction of sp³-hybridized carbons (Fsp3) is 0.200. The maximum absolute atomic E-state index is 12.6. The first-order valence-electron chi connectivity index (χ1n) is 5.97. The van der Waals surface area contributed by atoms with Crippen molar-refractivity contribution in [2.24, 2.45) is 4.36 Å². The van der Waals surface area contributed by atoms with E-state index in [0.717, 1.165) is 16.0 Å². The number of rotatable bonds is 3. The second-order valence-electron chi connectivity index (χ2n) is 4.11. The summed E-state index contributed by atoms with van der Waals surface area (Å²) in [7, 11) is -2.31. The fourth-order valence-corrected chi connectivity index (χ4v) is 3.53. The number of hydrogen-bond donors (Lipinski definition) is 0. The van der Waals surface area contributed by atoms with Gasteiger partial charge in [-0.25, -0.2) is 8.57 Å². The summed E-state index contributed by atoms with van der Waals surface area (Å²) in [5, 5.41) is 0. The van der Waals surface area contributed by atoms with Crippen LogP contribution < -0.4 is 0 Å². The Balaban J connectivity index is 2.65. The molecule has 2 aromatic rings. The van der Waals surface area contributed by atoms with Crippen molar-refractivity contribution in [2.45, 2.75) is 11.8 Å². The standard InChI is InChI=1S/C15H17NOS/c1-3-16-18(2,17)15-12-8-7-11-14(15)13-9-5-4-6-10-13/h4-12H,3H2,1-2H3. The molecule has 3 heteroatoms. The lowest BCUT2D eigenvalue weighted by Gasteiger charge is -2.11. The zero-order valence-electron chi connectivity index (χ0n) is 10.7. The molecule has 0 fully saturated rings. The minimum atomic E-state index is -2.31. The molecule has 0 aromatic heterocycles. The van der Waals surface area contributed by atoms with E-state index in [-0.39, 0.29) is 0 Å². The Hall–Kier alpha value is -1.61. The monoisotopic (exact) mass is 259 g/mol. The van der Waals surface area contributed by atoms with Gasteiger partial charge in [0.05, 0.1) is 14.6 Å². The van der Waals surface area contributed by atoms with Crippen molar-refractivity contribution in [1.82, 2.24) is 0 Å². The van der Waals surface area contributed by atoms with Gasteiger partial charge in [-0.1, -0.05) is 48.5 Å². The molecule has 0 radical (unpaired) electrons. The summed E-state index contributed by atoms with van der Waals surface area (Å²) in [6, 6.07) is 17.8. The first-order chi connectivity index (χ1) is 8.65. The van der Waals surface area contributed by atoms with Gasteiger partial charge in [0, 0.05) is 12.8 Å². The Morgan fingerprint density at radius 1 is 1.00 bits per heavy atom. The number of nitrogens with zero attached hydrogens (tertiary/aromatic N) is 1. The van der Waals surface area contributed by atoms with Gasteiger partial charge in [0.1, 0.15) is 0 Å². The van der Waals surface area contributed by atoms with Gasteiger partial charge in [-0.05, 0) is 24.1 Å². The molecule has 0 aliphatic carbocycles. The number of hydrogen-bond acceptors (Lipinski definition) is 2. The van der Waals surface area contributed by atoms with Crippen LogP contribution in [0.2, 0.25) is 0 Å². The van der Waals surface area contributed by atoms with Crippen molar-refractivity contribution in [3.63, 3.8) is 0 Å². The maximum atomic E-state index is 12.6. The van der Waals surface area contributed by atoms with Crippen molar-refractivity contribution in [2.75, 3.05) is 12.8 Å². The van der Waals surface area contributed by atoms with Gasteiger partial charge in [-0.3, -0.25) is 0 Å². The molecule has 1 unspecified atom stereocenters. The predicted molar refractivity (Wildman–Crippen MR) is 77.2 cm³/mol. The van der Waals surface area contributed by atoms with Crippen LogP contribution in [-0.4, -0.2) is 17.0 Å². The van der Waals surface area contributed by atoms with Crippen molar-refractivity contribution < 1.29 is 4.21 Å². The molecule has 0 N–H and O–H groups in total. The molecular weight excluding hydrogens is 242 g/mol. The average molecular weight is 259 g/mol. The van der Waals surface area contributed by atoms with Gasteiger partial charge in [0.15, 0.2) is 0 Å².